The van der Waals surface area contributed by atoms with E-state index in [0.717, 1.165) is 70.9 Å². The highest BCUT2D eigenvalue weighted by atomic mass is 35.5. The van der Waals surface area contributed by atoms with Gasteiger partial charge in [-0.15, -0.1) is 24.8 Å². The Morgan fingerprint density at radius 1 is 1.10 bits per heavy atom. The van der Waals surface area contributed by atoms with Gasteiger partial charge in [-0.3, -0.25) is 14.5 Å². The molecule has 2 saturated heterocycles. The number of carbonyl (C=O) groups is 2. The molecular formula is C21H32Cl2N4O3. The number of rotatable bonds is 6. The first kappa shape index (κ1) is 24.9. The van der Waals surface area contributed by atoms with E-state index in [1.807, 2.05) is 12.1 Å². The summed E-state index contributed by atoms with van der Waals surface area (Å²) in [6, 6.07) is 7.16. The molecule has 1 saturated carbocycles. The van der Waals surface area contributed by atoms with Crippen molar-refractivity contribution in [2.24, 2.45) is 11.3 Å². The van der Waals surface area contributed by atoms with Gasteiger partial charge in [0.2, 0.25) is 5.91 Å². The standard InChI is InChI=1S/C21H30N4O3.2ClH/c26-19(23-9-10-25-11-13-28-14-12-25)16-1-3-17(4-2-16)24-20(27)18-15-21(18)5-7-22-8-6-21;;/h1-4,18,22H,5-15H2,(H,23,26)(H,24,27);2*1H. The molecule has 0 radical (unpaired) electrons. The average Bonchev–Trinajstić information content (AvgIpc) is 3.42. The van der Waals surface area contributed by atoms with E-state index in [0.29, 0.717) is 12.1 Å². The molecule has 1 atom stereocenters. The molecule has 1 aliphatic carbocycles. The second kappa shape index (κ2) is 11.3. The SMILES string of the molecule is Cl.Cl.O=C(NCCN1CCOCC1)c1ccc(NC(=O)C2CC23CCNCC3)cc1. The van der Waals surface area contributed by atoms with Crippen LogP contribution < -0.4 is 16.0 Å². The van der Waals surface area contributed by atoms with E-state index < -0.39 is 0 Å². The molecule has 1 spiro atoms. The van der Waals surface area contributed by atoms with Crippen LogP contribution in [-0.2, 0) is 9.53 Å². The van der Waals surface area contributed by atoms with Gasteiger partial charge in [-0.25, -0.2) is 0 Å². The molecule has 3 aliphatic rings. The van der Waals surface area contributed by atoms with E-state index >= 15 is 0 Å². The van der Waals surface area contributed by atoms with Crippen LogP contribution in [-0.4, -0.2) is 69.2 Å². The highest BCUT2D eigenvalue weighted by Crippen LogP contribution is 2.58. The molecule has 1 aromatic carbocycles. The predicted octanol–water partition coefficient (Wildman–Crippen LogP) is 1.92. The zero-order chi connectivity index (χ0) is 19.4. The Morgan fingerprint density at radius 2 is 1.77 bits per heavy atom. The monoisotopic (exact) mass is 458 g/mol. The van der Waals surface area contributed by atoms with E-state index in [4.69, 9.17) is 4.74 Å². The highest BCUT2D eigenvalue weighted by Gasteiger charge is 2.57. The molecule has 0 bridgehead atoms. The molecule has 168 valence electrons. The molecule has 2 aliphatic heterocycles. The second-order valence-electron chi connectivity index (χ2n) is 8.15. The summed E-state index contributed by atoms with van der Waals surface area (Å²) < 4.78 is 5.32. The van der Waals surface area contributed by atoms with E-state index in [-0.39, 0.29) is 48.0 Å². The number of carbonyl (C=O) groups excluding carboxylic acids is 2. The molecular weight excluding hydrogens is 427 g/mol. The minimum absolute atomic E-state index is 0. The van der Waals surface area contributed by atoms with Crippen molar-refractivity contribution in [3.8, 4) is 0 Å². The summed E-state index contributed by atoms with van der Waals surface area (Å²) >= 11 is 0. The fourth-order valence-electron chi connectivity index (χ4n) is 4.38. The number of anilines is 1. The zero-order valence-electron chi connectivity index (χ0n) is 17.2. The van der Waals surface area contributed by atoms with Gasteiger partial charge in [-0.2, -0.15) is 0 Å². The number of hydrogen-bond acceptors (Lipinski definition) is 5. The van der Waals surface area contributed by atoms with Crippen LogP contribution in [0.5, 0.6) is 0 Å². The van der Waals surface area contributed by atoms with Crippen LogP contribution in [0.15, 0.2) is 24.3 Å². The van der Waals surface area contributed by atoms with Crippen LogP contribution in [0.25, 0.3) is 0 Å². The summed E-state index contributed by atoms with van der Waals surface area (Å²) in [5.41, 5.74) is 1.60. The first-order chi connectivity index (χ1) is 13.7. The number of hydrogen-bond donors (Lipinski definition) is 3. The van der Waals surface area contributed by atoms with Gasteiger partial charge >= 0.3 is 0 Å². The Kier molecular flexibility index (Phi) is 9.37. The van der Waals surface area contributed by atoms with Gasteiger partial charge in [0.15, 0.2) is 0 Å². The summed E-state index contributed by atoms with van der Waals surface area (Å²) in [7, 11) is 0. The Hall–Kier alpha value is -1.38. The van der Waals surface area contributed by atoms with Crippen molar-refractivity contribution in [2.45, 2.75) is 19.3 Å². The highest BCUT2D eigenvalue weighted by molar-refractivity contribution is 5.97. The number of benzene rings is 1. The molecule has 0 aromatic heterocycles. The van der Waals surface area contributed by atoms with E-state index in [9.17, 15) is 9.59 Å². The quantitative estimate of drug-likeness (QED) is 0.606. The average molecular weight is 459 g/mol. The largest absolute Gasteiger partial charge is 0.379 e. The van der Waals surface area contributed by atoms with E-state index in [1.165, 1.54) is 0 Å². The van der Waals surface area contributed by atoms with Crippen molar-refractivity contribution in [1.29, 1.82) is 0 Å². The first-order valence-corrected chi connectivity index (χ1v) is 10.4. The number of amides is 2. The molecule has 30 heavy (non-hydrogen) atoms. The van der Waals surface area contributed by atoms with Crippen molar-refractivity contribution in [3.63, 3.8) is 0 Å². The lowest BCUT2D eigenvalue weighted by Gasteiger charge is -2.26. The lowest BCUT2D eigenvalue weighted by Crippen LogP contribution is -2.41. The van der Waals surface area contributed by atoms with E-state index in [1.54, 1.807) is 12.1 Å². The second-order valence-corrected chi connectivity index (χ2v) is 8.15. The van der Waals surface area contributed by atoms with Crippen molar-refractivity contribution in [3.05, 3.63) is 29.8 Å². The summed E-state index contributed by atoms with van der Waals surface area (Å²) in [6.07, 6.45) is 3.19. The van der Waals surface area contributed by atoms with Crippen LogP contribution >= 0.6 is 24.8 Å². The topological polar surface area (TPSA) is 82.7 Å². The molecule has 3 N–H and O–H groups in total. The molecule has 2 heterocycles. The van der Waals surface area contributed by atoms with Gasteiger partial charge in [0.1, 0.15) is 0 Å². The summed E-state index contributed by atoms with van der Waals surface area (Å²) in [5, 5.41) is 9.34. The number of ether oxygens (including phenoxy) is 1. The Bertz CT molecular complexity index is 705. The van der Waals surface area contributed by atoms with Crippen molar-refractivity contribution in [2.75, 3.05) is 57.8 Å². The lowest BCUT2D eigenvalue weighted by molar-refractivity contribution is -0.118. The normalized spacial score (nSPS) is 22.3. The van der Waals surface area contributed by atoms with Gasteiger partial charge in [0, 0.05) is 43.3 Å². The third kappa shape index (κ3) is 6.08. The maximum atomic E-state index is 12.5. The minimum atomic E-state index is -0.0815. The smallest absolute Gasteiger partial charge is 0.251 e. The van der Waals surface area contributed by atoms with Crippen molar-refractivity contribution in [1.82, 2.24) is 15.5 Å². The van der Waals surface area contributed by atoms with Crippen LogP contribution in [0.4, 0.5) is 5.69 Å². The van der Waals surface area contributed by atoms with Gasteiger partial charge < -0.3 is 20.7 Å². The molecule has 3 fully saturated rings. The minimum Gasteiger partial charge on any atom is -0.379 e. The lowest BCUT2D eigenvalue weighted by atomic mass is 9.92. The predicted molar refractivity (Wildman–Crippen MR) is 122 cm³/mol. The molecule has 7 nitrogen and oxygen atoms in total. The number of nitrogens with zero attached hydrogens (tertiary/aromatic N) is 1. The zero-order valence-corrected chi connectivity index (χ0v) is 18.8. The maximum Gasteiger partial charge on any atom is 0.251 e. The van der Waals surface area contributed by atoms with Gasteiger partial charge in [-0.05, 0) is 62.0 Å². The summed E-state index contributed by atoms with van der Waals surface area (Å²) in [4.78, 5) is 27.1. The molecule has 4 rings (SSSR count). The summed E-state index contributed by atoms with van der Waals surface area (Å²) in [6.45, 7) is 6.85. The molecule has 1 aromatic rings. The Balaban J connectivity index is 0.00000160. The molecule has 9 heteroatoms. The van der Waals surface area contributed by atoms with Crippen molar-refractivity contribution >= 4 is 42.3 Å². The van der Waals surface area contributed by atoms with Crippen LogP contribution in [0, 0.1) is 11.3 Å². The summed E-state index contributed by atoms with van der Waals surface area (Å²) in [5.74, 6) is 0.171. The Morgan fingerprint density at radius 3 is 2.43 bits per heavy atom. The fraction of sp³-hybridized carbons (Fsp3) is 0.619. The number of halogens is 2. The van der Waals surface area contributed by atoms with Crippen LogP contribution in [0.2, 0.25) is 0 Å². The third-order valence-electron chi connectivity index (χ3n) is 6.34. The molecule has 2 amide bonds. The van der Waals surface area contributed by atoms with Crippen molar-refractivity contribution < 1.29 is 14.3 Å². The van der Waals surface area contributed by atoms with Gasteiger partial charge in [0.05, 0.1) is 13.2 Å². The van der Waals surface area contributed by atoms with Crippen LogP contribution in [0.1, 0.15) is 29.6 Å². The van der Waals surface area contributed by atoms with Gasteiger partial charge in [0.25, 0.3) is 5.91 Å². The third-order valence-corrected chi connectivity index (χ3v) is 6.34. The Labute approximate surface area is 190 Å². The first-order valence-electron chi connectivity index (χ1n) is 10.4. The fourth-order valence-corrected chi connectivity index (χ4v) is 4.38. The molecule has 1 unspecified atom stereocenters. The van der Waals surface area contributed by atoms with Gasteiger partial charge in [-0.1, -0.05) is 0 Å². The number of morpholine rings is 1. The maximum absolute atomic E-state index is 12.5. The number of nitrogens with one attached hydrogen (secondary N) is 3. The van der Waals surface area contributed by atoms with Crippen LogP contribution in [0.3, 0.4) is 0 Å². The van der Waals surface area contributed by atoms with E-state index in [2.05, 4.69) is 20.9 Å². The number of piperidine rings is 1.